The van der Waals surface area contributed by atoms with Crippen LogP contribution < -0.4 is 0 Å². The summed E-state index contributed by atoms with van der Waals surface area (Å²) in [7, 11) is 0. The number of carbonyl (C=O) groups excluding carboxylic acids is 2. The van der Waals surface area contributed by atoms with Gasteiger partial charge in [-0.05, 0) is 0 Å². The number of ether oxygens (including phenoxy) is 1. The number of esters is 2. The molecule has 5 N–H and O–H groups in total. The van der Waals surface area contributed by atoms with Crippen LogP contribution in [0, 0.1) is 0 Å². The number of carbonyl (C=O) groups is 4. The second-order valence-corrected chi connectivity index (χ2v) is 3.44. The molecule has 0 fully saturated rings. The molecule has 0 rings (SSSR count). The first-order valence-corrected chi connectivity index (χ1v) is 5.42. The normalized spacial score (nSPS) is 12.1. The van der Waals surface area contributed by atoms with Crippen LogP contribution in [-0.4, -0.2) is 68.2 Å². The minimum absolute atomic E-state index is 0.0833. The largest absolute Gasteiger partial charge is 0.481 e. The van der Waals surface area contributed by atoms with E-state index in [1.807, 2.05) is 0 Å². The Morgan fingerprint density at radius 2 is 1.24 bits per heavy atom. The molecule has 0 aliphatic heterocycles. The average molecular weight is 308 g/mol. The Kier molecular flexibility index (Phi) is 11.5. The Bertz CT molecular complexity index is 356. The van der Waals surface area contributed by atoms with Crippen molar-refractivity contribution >= 4 is 23.9 Å². The molecule has 0 heterocycles. The molecule has 10 heteroatoms. The van der Waals surface area contributed by atoms with Gasteiger partial charge in [-0.15, -0.1) is 6.58 Å². The maximum absolute atomic E-state index is 10.9. The minimum Gasteiger partial charge on any atom is -0.481 e. The van der Waals surface area contributed by atoms with Crippen molar-refractivity contribution in [3.05, 3.63) is 12.7 Å². The van der Waals surface area contributed by atoms with Crippen molar-refractivity contribution in [3.63, 3.8) is 0 Å². The van der Waals surface area contributed by atoms with Gasteiger partial charge in [0.25, 0.3) is 0 Å². The van der Waals surface area contributed by atoms with Gasteiger partial charge < -0.3 is 30.3 Å². The van der Waals surface area contributed by atoms with Gasteiger partial charge in [-0.25, -0.2) is 9.59 Å². The number of carboxylic acids is 2. The van der Waals surface area contributed by atoms with Gasteiger partial charge in [-0.1, -0.05) is 6.08 Å². The summed E-state index contributed by atoms with van der Waals surface area (Å²) in [5, 5.41) is 42.0. The lowest BCUT2D eigenvalue weighted by molar-refractivity contribution is -0.174. The smallest absolute Gasteiger partial charge is 0.343 e. The molecular weight excluding hydrogens is 292 g/mol. The van der Waals surface area contributed by atoms with E-state index in [4.69, 9.17) is 25.5 Å². The summed E-state index contributed by atoms with van der Waals surface area (Å²) in [4.78, 5) is 41.9. The lowest BCUT2D eigenvalue weighted by Gasteiger charge is -2.09. The first-order valence-electron chi connectivity index (χ1n) is 5.42. The number of hydrogen-bond acceptors (Lipinski definition) is 8. The van der Waals surface area contributed by atoms with E-state index in [1.54, 1.807) is 0 Å². The molecular formula is C11H16O10. The van der Waals surface area contributed by atoms with Gasteiger partial charge in [0.05, 0.1) is 19.4 Å². The van der Waals surface area contributed by atoms with Crippen molar-refractivity contribution in [2.45, 2.75) is 25.0 Å². The molecule has 0 aliphatic rings. The second-order valence-electron chi connectivity index (χ2n) is 3.44. The molecule has 0 aliphatic carbocycles. The zero-order valence-electron chi connectivity index (χ0n) is 10.8. The number of aliphatic hydroxyl groups is 3. The van der Waals surface area contributed by atoms with E-state index in [-0.39, 0.29) is 6.61 Å². The summed E-state index contributed by atoms with van der Waals surface area (Å²) in [5.41, 5.74) is 0. The lowest BCUT2D eigenvalue weighted by Crippen LogP contribution is -2.33. The molecule has 0 radical (unpaired) electrons. The van der Waals surface area contributed by atoms with Gasteiger partial charge in [0, 0.05) is 0 Å². The molecule has 0 aromatic rings. The molecule has 0 saturated heterocycles. The summed E-state index contributed by atoms with van der Waals surface area (Å²) in [5.74, 6) is -6.12. The van der Waals surface area contributed by atoms with Gasteiger partial charge in [0.15, 0.2) is 12.2 Å². The molecule has 0 aromatic carbocycles. The Hall–Kier alpha value is -2.30. The molecule has 0 spiro atoms. The maximum Gasteiger partial charge on any atom is 0.343 e. The average Bonchev–Trinajstić information content (AvgIpc) is 2.37. The van der Waals surface area contributed by atoms with Crippen LogP contribution in [0.15, 0.2) is 12.7 Å². The predicted octanol–water partition coefficient (Wildman–Crippen LogP) is -2.11. The van der Waals surface area contributed by atoms with Gasteiger partial charge >= 0.3 is 23.9 Å². The fourth-order valence-electron chi connectivity index (χ4n) is 0.733. The summed E-state index contributed by atoms with van der Waals surface area (Å²) in [6, 6.07) is 0. The Balaban J connectivity index is 0. The fraction of sp³-hybridized carbons (Fsp3) is 0.455. The van der Waals surface area contributed by atoms with E-state index in [9.17, 15) is 19.2 Å². The summed E-state index contributed by atoms with van der Waals surface area (Å²) in [6.07, 6.45) is -4.63. The summed E-state index contributed by atoms with van der Waals surface area (Å²) in [6.45, 7) is 3.31. The van der Waals surface area contributed by atoms with Crippen molar-refractivity contribution in [3.8, 4) is 0 Å². The maximum atomic E-state index is 10.9. The first kappa shape index (κ1) is 21.0. The lowest BCUT2D eigenvalue weighted by atomic mass is 10.2. The van der Waals surface area contributed by atoms with E-state index in [0.717, 1.165) is 0 Å². The van der Waals surface area contributed by atoms with Crippen molar-refractivity contribution in [1.29, 1.82) is 0 Å². The summed E-state index contributed by atoms with van der Waals surface area (Å²) >= 11 is 0. The van der Waals surface area contributed by atoms with Crippen LogP contribution in [0.4, 0.5) is 0 Å². The molecule has 2 atom stereocenters. The number of carboxylic acid groups (broad SMARTS) is 2. The third kappa shape index (κ3) is 12.5. The third-order valence-corrected chi connectivity index (χ3v) is 1.61. The zero-order valence-corrected chi connectivity index (χ0v) is 10.8. The van der Waals surface area contributed by atoms with Crippen molar-refractivity contribution < 1.29 is 49.4 Å². The van der Waals surface area contributed by atoms with Crippen LogP contribution >= 0.6 is 0 Å². The third-order valence-electron chi connectivity index (χ3n) is 1.61. The quantitative estimate of drug-likeness (QED) is 0.198. The standard InChI is InChI=1S/C8H10O9.C3H6O/c9-3(1-5(11)12)7(15)17-8(16)4(10)2-6(13)14;1-2-3-4/h3-4,9-10H,1-2H2,(H,11,12)(H,13,14);2,4H,1,3H2. The summed E-state index contributed by atoms with van der Waals surface area (Å²) < 4.78 is 3.87. The number of aliphatic hydroxyl groups excluding tert-OH is 3. The highest BCUT2D eigenvalue weighted by Crippen LogP contribution is 2.00. The molecule has 0 amide bonds. The van der Waals surface area contributed by atoms with Crippen LogP contribution in [0.2, 0.25) is 0 Å². The molecule has 120 valence electrons. The Labute approximate surface area is 118 Å². The molecule has 0 saturated carbocycles. The van der Waals surface area contributed by atoms with E-state index in [0.29, 0.717) is 0 Å². The Morgan fingerprint density at radius 3 is 1.43 bits per heavy atom. The number of rotatable bonds is 7. The van der Waals surface area contributed by atoms with Gasteiger partial charge in [-0.3, -0.25) is 9.59 Å². The monoisotopic (exact) mass is 308 g/mol. The molecule has 2 unspecified atom stereocenters. The molecule has 0 aromatic heterocycles. The van der Waals surface area contributed by atoms with Gasteiger partial charge in [0.2, 0.25) is 0 Å². The highest BCUT2D eigenvalue weighted by Gasteiger charge is 2.27. The van der Waals surface area contributed by atoms with E-state index in [1.165, 1.54) is 6.08 Å². The Morgan fingerprint density at radius 1 is 0.952 bits per heavy atom. The van der Waals surface area contributed by atoms with Gasteiger partial charge in [0.1, 0.15) is 0 Å². The molecule has 10 nitrogen and oxygen atoms in total. The predicted molar refractivity (Wildman–Crippen MR) is 64.9 cm³/mol. The molecule has 21 heavy (non-hydrogen) atoms. The van der Waals surface area contributed by atoms with Crippen molar-refractivity contribution in [1.82, 2.24) is 0 Å². The van der Waals surface area contributed by atoms with Crippen molar-refractivity contribution in [2.75, 3.05) is 6.61 Å². The van der Waals surface area contributed by atoms with Crippen LogP contribution in [0.3, 0.4) is 0 Å². The highest BCUT2D eigenvalue weighted by atomic mass is 16.6. The van der Waals surface area contributed by atoms with E-state index in [2.05, 4.69) is 11.3 Å². The van der Waals surface area contributed by atoms with E-state index < -0.39 is 48.9 Å². The van der Waals surface area contributed by atoms with Gasteiger partial charge in [-0.2, -0.15) is 0 Å². The SMILES string of the molecule is C=CCO.O=C(O)CC(O)C(=O)OC(=O)C(O)CC(=O)O. The van der Waals surface area contributed by atoms with Crippen LogP contribution in [0.1, 0.15) is 12.8 Å². The second kappa shape index (κ2) is 11.5. The van der Waals surface area contributed by atoms with E-state index >= 15 is 0 Å². The van der Waals surface area contributed by atoms with Crippen LogP contribution in [0.5, 0.6) is 0 Å². The number of hydrogen-bond donors (Lipinski definition) is 5. The zero-order chi connectivity index (χ0) is 17.0. The van der Waals surface area contributed by atoms with Crippen LogP contribution in [0.25, 0.3) is 0 Å². The molecule has 0 bridgehead atoms. The minimum atomic E-state index is -2.06. The van der Waals surface area contributed by atoms with Crippen LogP contribution in [-0.2, 0) is 23.9 Å². The van der Waals surface area contributed by atoms with Crippen molar-refractivity contribution in [2.24, 2.45) is 0 Å². The topological polar surface area (TPSA) is 179 Å². The highest BCUT2D eigenvalue weighted by molar-refractivity contribution is 5.92. The fourth-order valence-corrected chi connectivity index (χ4v) is 0.733. The number of aliphatic carboxylic acids is 2. The first-order chi connectivity index (χ1) is 9.65.